The van der Waals surface area contributed by atoms with E-state index >= 15 is 0 Å². The normalized spacial score (nSPS) is 16.6. The molecule has 1 atom stereocenters. The van der Waals surface area contributed by atoms with Gasteiger partial charge >= 0.3 is 0 Å². The van der Waals surface area contributed by atoms with Gasteiger partial charge in [0.15, 0.2) is 0 Å². The predicted octanol–water partition coefficient (Wildman–Crippen LogP) is 4.01. The summed E-state index contributed by atoms with van der Waals surface area (Å²) in [7, 11) is 0. The number of rotatable bonds is 7. The molecule has 1 aliphatic heterocycles. The third kappa shape index (κ3) is 4.42. The molecule has 8 nitrogen and oxygen atoms in total. The van der Waals surface area contributed by atoms with E-state index in [1.165, 1.54) is 11.1 Å². The highest BCUT2D eigenvalue weighted by Gasteiger charge is 2.26. The Morgan fingerprint density at radius 3 is 2.97 bits per heavy atom. The van der Waals surface area contributed by atoms with Crippen LogP contribution in [0.3, 0.4) is 0 Å². The molecule has 2 aliphatic rings. The smallest absolute Gasteiger partial charge is 0.258 e. The van der Waals surface area contributed by atoms with Crippen LogP contribution in [0.15, 0.2) is 45.9 Å². The standard InChI is InChI=1S/C26H25N5O3/c1-16(2)33-23-9-7-17(12-19(23)13-27)26-29-25(30-34-26)22-5-3-4-20-18(6-8-21(20)22)14-28-15-24(32)31-10-11-31/h3-5,7,9,12,14,16,18H,6,8,10-11,15H2,1-2H3. The maximum absolute atomic E-state index is 11.8. The van der Waals surface area contributed by atoms with Crippen LogP contribution in [0.25, 0.3) is 22.8 Å². The van der Waals surface area contributed by atoms with E-state index in [-0.39, 0.29) is 24.5 Å². The van der Waals surface area contributed by atoms with Gasteiger partial charge in [0.25, 0.3) is 5.89 Å². The lowest BCUT2D eigenvalue weighted by Gasteiger charge is -2.11. The van der Waals surface area contributed by atoms with Gasteiger partial charge in [0, 0.05) is 36.3 Å². The lowest BCUT2D eigenvalue weighted by Crippen LogP contribution is -2.13. The fraction of sp³-hybridized carbons (Fsp3) is 0.346. The molecule has 1 aliphatic carbocycles. The quantitative estimate of drug-likeness (QED) is 0.394. The van der Waals surface area contributed by atoms with Crippen LogP contribution in [-0.2, 0) is 11.2 Å². The molecule has 8 heteroatoms. The molecule has 2 aromatic carbocycles. The number of carbonyl (C=O) groups excluding carboxylic acids is 1. The molecule has 0 bridgehead atoms. The summed E-state index contributed by atoms with van der Waals surface area (Å²) < 4.78 is 11.2. The number of benzene rings is 2. The third-order valence-corrected chi connectivity index (χ3v) is 6.01. The van der Waals surface area contributed by atoms with Crippen molar-refractivity contribution in [3.05, 3.63) is 53.1 Å². The van der Waals surface area contributed by atoms with Gasteiger partial charge in [-0.3, -0.25) is 9.79 Å². The molecule has 0 spiro atoms. The number of carbonyl (C=O) groups is 1. The van der Waals surface area contributed by atoms with Crippen molar-refractivity contribution < 1.29 is 14.1 Å². The maximum atomic E-state index is 11.8. The summed E-state index contributed by atoms with van der Waals surface area (Å²) in [6.45, 7) is 5.75. The van der Waals surface area contributed by atoms with Crippen LogP contribution >= 0.6 is 0 Å². The van der Waals surface area contributed by atoms with E-state index in [1.54, 1.807) is 17.0 Å². The molecule has 0 saturated carbocycles. The highest BCUT2D eigenvalue weighted by molar-refractivity contribution is 5.83. The summed E-state index contributed by atoms with van der Waals surface area (Å²) in [6, 6.07) is 13.5. The van der Waals surface area contributed by atoms with Crippen LogP contribution < -0.4 is 4.74 Å². The second-order valence-electron chi connectivity index (χ2n) is 8.80. The highest BCUT2D eigenvalue weighted by atomic mass is 16.5. The number of hydrogen-bond donors (Lipinski definition) is 0. The van der Waals surface area contributed by atoms with Crippen LogP contribution in [0.2, 0.25) is 0 Å². The Labute approximate surface area is 197 Å². The molecule has 1 fully saturated rings. The lowest BCUT2D eigenvalue weighted by atomic mass is 9.99. The molecule has 2 heterocycles. The SMILES string of the molecule is CC(C)Oc1ccc(-c2nc(-c3cccc4c3CCC4C=NCC(=O)N3CC3)no2)cc1C#N. The summed E-state index contributed by atoms with van der Waals surface area (Å²) >= 11 is 0. The first-order chi connectivity index (χ1) is 16.5. The molecule has 172 valence electrons. The third-order valence-electron chi connectivity index (χ3n) is 6.01. The second kappa shape index (κ2) is 9.10. The molecule has 0 radical (unpaired) electrons. The molecule has 5 rings (SSSR count). The van der Waals surface area contributed by atoms with Gasteiger partial charge in [0.2, 0.25) is 11.7 Å². The van der Waals surface area contributed by atoms with E-state index in [0.717, 1.165) is 31.5 Å². The Bertz CT molecular complexity index is 1300. The van der Waals surface area contributed by atoms with Gasteiger partial charge in [0.1, 0.15) is 18.4 Å². The van der Waals surface area contributed by atoms with E-state index < -0.39 is 0 Å². The zero-order valence-corrected chi connectivity index (χ0v) is 19.2. The van der Waals surface area contributed by atoms with Crippen molar-refractivity contribution in [2.45, 2.75) is 38.7 Å². The van der Waals surface area contributed by atoms with Gasteiger partial charge in [-0.2, -0.15) is 10.2 Å². The Morgan fingerprint density at radius 2 is 2.21 bits per heavy atom. The van der Waals surface area contributed by atoms with Crippen molar-refractivity contribution in [1.29, 1.82) is 5.26 Å². The summed E-state index contributed by atoms with van der Waals surface area (Å²) in [4.78, 5) is 22.7. The van der Waals surface area contributed by atoms with E-state index in [1.807, 2.05) is 38.3 Å². The molecule has 34 heavy (non-hydrogen) atoms. The summed E-state index contributed by atoms with van der Waals surface area (Å²) in [5.41, 5.74) is 4.39. The number of fused-ring (bicyclic) bond motifs is 1. The molecule has 1 saturated heterocycles. The number of nitriles is 1. The molecule has 1 amide bonds. The van der Waals surface area contributed by atoms with Gasteiger partial charge in [-0.1, -0.05) is 23.4 Å². The number of nitrogens with zero attached hydrogens (tertiary/aromatic N) is 5. The Balaban J connectivity index is 1.37. The van der Waals surface area contributed by atoms with Crippen LogP contribution in [-0.4, -0.2) is 52.9 Å². The number of aliphatic imine (C=N–C) groups is 1. The highest BCUT2D eigenvalue weighted by Crippen LogP contribution is 2.38. The predicted molar refractivity (Wildman–Crippen MR) is 127 cm³/mol. The largest absolute Gasteiger partial charge is 0.490 e. The fourth-order valence-corrected chi connectivity index (χ4v) is 4.27. The van der Waals surface area contributed by atoms with E-state index in [0.29, 0.717) is 28.6 Å². The van der Waals surface area contributed by atoms with Gasteiger partial charge in [-0.05, 0) is 56.0 Å². The topological polar surface area (TPSA) is 104 Å². The number of aromatic nitrogens is 2. The summed E-state index contributed by atoms with van der Waals surface area (Å²) in [6.07, 6.45) is 3.69. The first-order valence-electron chi connectivity index (χ1n) is 11.5. The van der Waals surface area contributed by atoms with Crippen LogP contribution in [0.1, 0.15) is 42.9 Å². The van der Waals surface area contributed by atoms with Crippen molar-refractivity contribution in [1.82, 2.24) is 15.0 Å². The summed E-state index contributed by atoms with van der Waals surface area (Å²) in [5, 5.41) is 13.7. The molecule has 0 N–H and O–H groups in total. The number of ether oxygens (including phenoxy) is 1. The Kier molecular flexibility index (Phi) is 5.84. The minimum Gasteiger partial charge on any atom is -0.490 e. The minimum atomic E-state index is -0.0292. The van der Waals surface area contributed by atoms with Crippen molar-refractivity contribution in [2.75, 3.05) is 19.6 Å². The van der Waals surface area contributed by atoms with Gasteiger partial charge < -0.3 is 14.2 Å². The van der Waals surface area contributed by atoms with Crippen LogP contribution in [0, 0.1) is 11.3 Å². The first-order valence-corrected chi connectivity index (χ1v) is 11.5. The zero-order valence-electron chi connectivity index (χ0n) is 19.2. The van der Waals surface area contributed by atoms with Gasteiger partial charge in [0.05, 0.1) is 11.7 Å². The second-order valence-corrected chi connectivity index (χ2v) is 8.80. The maximum Gasteiger partial charge on any atom is 0.258 e. The van der Waals surface area contributed by atoms with Crippen molar-refractivity contribution in [2.24, 2.45) is 4.99 Å². The zero-order chi connectivity index (χ0) is 23.7. The van der Waals surface area contributed by atoms with Crippen molar-refractivity contribution in [3.8, 4) is 34.7 Å². The first kappa shape index (κ1) is 21.8. The van der Waals surface area contributed by atoms with Crippen LogP contribution in [0.5, 0.6) is 5.75 Å². The van der Waals surface area contributed by atoms with E-state index in [4.69, 9.17) is 9.26 Å². The van der Waals surface area contributed by atoms with E-state index in [9.17, 15) is 10.1 Å². The number of hydrogen-bond acceptors (Lipinski definition) is 7. The van der Waals surface area contributed by atoms with Gasteiger partial charge in [-0.15, -0.1) is 0 Å². The number of amides is 1. The average molecular weight is 456 g/mol. The van der Waals surface area contributed by atoms with Gasteiger partial charge in [-0.25, -0.2) is 0 Å². The molecule has 3 aromatic rings. The minimum absolute atomic E-state index is 0.0292. The monoisotopic (exact) mass is 455 g/mol. The van der Waals surface area contributed by atoms with Crippen molar-refractivity contribution >= 4 is 12.1 Å². The Hall–Kier alpha value is -3.99. The Morgan fingerprint density at radius 1 is 1.35 bits per heavy atom. The molecule has 1 aromatic heterocycles. The molecular weight excluding hydrogens is 430 g/mol. The van der Waals surface area contributed by atoms with E-state index in [2.05, 4.69) is 27.3 Å². The summed E-state index contributed by atoms with van der Waals surface area (Å²) in [5.74, 6) is 1.67. The molecular formula is C26H25N5O3. The molecule has 1 unspecified atom stereocenters. The van der Waals surface area contributed by atoms with Crippen LogP contribution in [0.4, 0.5) is 0 Å². The fourth-order valence-electron chi connectivity index (χ4n) is 4.27. The van der Waals surface area contributed by atoms with Crippen molar-refractivity contribution in [3.63, 3.8) is 0 Å². The lowest BCUT2D eigenvalue weighted by molar-refractivity contribution is -0.124. The average Bonchev–Trinajstić information content (AvgIpc) is 3.43.